The Morgan fingerprint density at radius 1 is 1.40 bits per heavy atom. The highest BCUT2D eigenvalue weighted by Gasteiger charge is 2.08. The molecule has 0 fully saturated rings. The number of hydrazine groups is 1. The Morgan fingerprint density at radius 3 is 2.67 bits per heavy atom. The molecule has 0 spiro atoms. The molecule has 0 heterocycles. The van der Waals surface area contributed by atoms with Crippen LogP contribution in [0.15, 0.2) is 30.3 Å². The van der Waals surface area contributed by atoms with Gasteiger partial charge in [-0.15, -0.1) is 0 Å². The highest BCUT2D eigenvalue weighted by atomic mass is 16.5. The van der Waals surface area contributed by atoms with Gasteiger partial charge in [0.2, 0.25) is 5.91 Å². The van der Waals surface area contributed by atoms with Crippen LogP contribution < -0.4 is 5.84 Å². The lowest BCUT2D eigenvalue weighted by Crippen LogP contribution is -2.37. The fourth-order valence-electron chi connectivity index (χ4n) is 1.20. The predicted octanol–water partition coefficient (Wildman–Crippen LogP) is 0.925. The van der Waals surface area contributed by atoms with Gasteiger partial charge in [-0.05, 0) is 5.56 Å². The average Bonchev–Trinajstić information content (AvgIpc) is 2.27. The summed E-state index contributed by atoms with van der Waals surface area (Å²) in [4.78, 5) is 11.4. The topological polar surface area (TPSA) is 55.6 Å². The van der Waals surface area contributed by atoms with E-state index in [0.717, 1.165) is 5.56 Å². The number of amides is 1. The number of carbonyl (C=O) groups is 1. The minimum absolute atomic E-state index is 0.110. The Bertz CT molecular complexity index is 301. The zero-order chi connectivity index (χ0) is 11.1. The summed E-state index contributed by atoms with van der Waals surface area (Å²) in [6.07, 6.45) is 0.319. The molecule has 1 amide bonds. The summed E-state index contributed by atoms with van der Waals surface area (Å²) in [7, 11) is 1.56. The van der Waals surface area contributed by atoms with Crippen molar-refractivity contribution < 1.29 is 9.53 Å². The molecule has 1 aromatic carbocycles. The minimum atomic E-state index is -0.110. The first-order valence-corrected chi connectivity index (χ1v) is 4.82. The molecule has 15 heavy (non-hydrogen) atoms. The quantitative estimate of drug-likeness (QED) is 0.445. The fourth-order valence-corrected chi connectivity index (χ4v) is 1.20. The first-order chi connectivity index (χ1) is 7.24. The summed E-state index contributed by atoms with van der Waals surface area (Å²) in [6.45, 7) is 0.838. The number of hydrogen-bond acceptors (Lipinski definition) is 3. The first kappa shape index (κ1) is 11.7. The predicted molar refractivity (Wildman–Crippen MR) is 57.7 cm³/mol. The molecule has 0 aliphatic heterocycles. The summed E-state index contributed by atoms with van der Waals surface area (Å²) in [6, 6.07) is 9.63. The van der Waals surface area contributed by atoms with E-state index in [4.69, 9.17) is 10.6 Å². The van der Waals surface area contributed by atoms with E-state index in [9.17, 15) is 4.79 Å². The van der Waals surface area contributed by atoms with Gasteiger partial charge in [-0.3, -0.25) is 9.80 Å². The number of benzene rings is 1. The lowest BCUT2D eigenvalue weighted by molar-refractivity contribution is -0.133. The van der Waals surface area contributed by atoms with Gasteiger partial charge in [-0.1, -0.05) is 30.3 Å². The Labute approximate surface area is 89.6 Å². The molecule has 2 N–H and O–H groups in total. The van der Waals surface area contributed by atoms with Crippen LogP contribution >= 0.6 is 0 Å². The highest BCUT2D eigenvalue weighted by molar-refractivity contribution is 5.75. The number of rotatable bonds is 5. The van der Waals surface area contributed by atoms with Gasteiger partial charge in [0.25, 0.3) is 0 Å². The van der Waals surface area contributed by atoms with E-state index < -0.39 is 0 Å². The van der Waals surface area contributed by atoms with Gasteiger partial charge < -0.3 is 4.74 Å². The maximum absolute atomic E-state index is 11.4. The van der Waals surface area contributed by atoms with Crippen molar-refractivity contribution in [3.8, 4) is 0 Å². The molecule has 0 atom stereocenters. The Hall–Kier alpha value is -1.39. The number of ether oxygens (including phenoxy) is 1. The molecule has 4 heteroatoms. The van der Waals surface area contributed by atoms with E-state index in [0.29, 0.717) is 19.6 Å². The molecule has 0 saturated heterocycles. The smallest absolute Gasteiger partial charge is 0.239 e. The molecular formula is C11H16N2O2. The van der Waals surface area contributed by atoms with Crippen LogP contribution in [0.5, 0.6) is 0 Å². The van der Waals surface area contributed by atoms with Crippen LogP contribution in [0.25, 0.3) is 0 Å². The normalized spacial score (nSPS) is 10.0. The van der Waals surface area contributed by atoms with Crippen LogP contribution in [0, 0.1) is 0 Å². The maximum Gasteiger partial charge on any atom is 0.239 e. The minimum Gasteiger partial charge on any atom is -0.384 e. The van der Waals surface area contributed by atoms with E-state index in [1.807, 2.05) is 30.3 Å². The van der Waals surface area contributed by atoms with E-state index in [1.54, 1.807) is 7.11 Å². The second-order valence-electron chi connectivity index (χ2n) is 3.25. The van der Waals surface area contributed by atoms with Gasteiger partial charge in [0.1, 0.15) is 0 Å². The van der Waals surface area contributed by atoms with Crippen LogP contribution in [0.3, 0.4) is 0 Å². The van der Waals surface area contributed by atoms with Crippen molar-refractivity contribution in [3.63, 3.8) is 0 Å². The zero-order valence-electron chi connectivity index (χ0n) is 8.85. The van der Waals surface area contributed by atoms with Crippen LogP contribution in [0.4, 0.5) is 0 Å². The van der Waals surface area contributed by atoms with Crippen molar-refractivity contribution >= 4 is 5.91 Å². The van der Waals surface area contributed by atoms with Gasteiger partial charge in [-0.2, -0.15) is 0 Å². The molecule has 0 aliphatic rings. The average molecular weight is 208 g/mol. The molecule has 82 valence electrons. The molecule has 4 nitrogen and oxygen atoms in total. The number of nitrogens with two attached hydrogens (primary N) is 1. The second-order valence-corrected chi connectivity index (χ2v) is 3.25. The van der Waals surface area contributed by atoms with Crippen molar-refractivity contribution in [1.82, 2.24) is 5.01 Å². The Kier molecular flexibility index (Phi) is 4.80. The Balaban J connectivity index is 2.41. The van der Waals surface area contributed by atoms with E-state index in [1.165, 1.54) is 5.01 Å². The monoisotopic (exact) mass is 208 g/mol. The number of nitrogens with zero attached hydrogens (tertiary/aromatic N) is 1. The van der Waals surface area contributed by atoms with Gasteiger partial charge in [0.05, 0.1) is 19.6 Å². The van der Waals surface area contributed by atoms with Gasteiger partial charge in [-0.25, -0.2) is 5.84 Å². The lowest BCUT2D eigenvalue weighted by Gasteiger charge is -2.16. The molecule has 0 bridgehead atoms. The fraction of sp³-hybridized carbons (Fsp3) is 0.364. The van der Waals surface area contributed by atoms with Gasteiger partial charge in [0, 0.05) is 7.11 Å². The molecule has 0 aromatic heterocycles. The van der Waals surface area contributed by atoms with Crippen molar-refractivity contribution in [1.29, 1.82) is 0 Å². The number of methoxy groups -OCH3 is 1. The molecule has 0 aliphatic carbocycles. The summed E-state index contributed by atoms with van der Waals surface area (Å²) in [5, 5.41) is 1.22. The van der Waals surface area contributed by atoms with Crippen molar-refractivity contribution in [2.24, 2.45) is 5.84 Å². The molecule has 1 rings (SSSR count). The second kappa shape index (κ2) is 6.16. The summed E-state index contributed by atoms with van der Waals surface area (Å²) < 4.78 is 4.81. The first-order valence-electron chi connectivity index (χ1n) is 4.82. The van der Waals surface area contributed by atoms with Crippen LogP contribution in [-0.4, -0.2) is 24.6 Å². The third kappa shape index (κ3) is 4.10. The molecule has 0 unspecified atom stereocenters. The van der Waals surface area contributed by atoms with Crippen LogP contribution in [0.2, 0.25) is 0 Å². The molecule has 0 saturated carbocycles. The lowest BCUT2D eigenvalue weighted by atomic mass is 10.2. The third-order valence-electron chi connectivity index (χ3n) is 2.04. The largest absolute Gasteiger partial charge is 0.384 e. The Morgan fingerprint density at radius 2 is 2.07 bits per heavy atom. The summed E-state index contributed by atoms with van der Waals surface area (Å²) >= 11 is 0. The van der Waals surface area contributed by atoms with Crippen molar-refractivity contribution in [3.05, 3.63) is 35.9 Å². The maximum atomic E-state index is 11.4. The van der Waals surface area contributed by atoms with Crippen molar-refractivity contribution in [2.75, 3.05) is 13.7 Å². The molecule has 1 aromatic rings. The van der Waals surface area contributed by atoms with E-state index in [2.05, 4.69) is 0 Å². The third-order valence-corrected chi connectivity index (χ3v) is 2.04. The standard InChI is InChI=1S/C11H16N2O2/c1-15-8-7-11(14)13(12)9-10-5-3-2-4-6-10/h2-6H,7-9,12H2,1H3. The van der Waals surface area contributed by atoms with E-state index >= 15 is 0 Å². The van der Waals surface area contributed by atoms with Crippen LogP contribution in [0.1, 0.15) is 12.0 Å². The van der Waals surface area contributed by atoms with Gasteiger partial charge >= 0.3 is 0 Å². The molecular weight excluding hydrogens is 192 g/mol. The number of carbonyl (C=O) groups excluding carboxylic acids is 1. The zero-order valence-corrected chi connectivity index (χ0v) is 8.85. The van der Waals surface area contributed by atoms with E-state index in [-0.39, 0.29) is 5.91 Å². The SMILES string of the molecule is COCCC(=O)N(N)Cc1ccccc1. The molecule has 0 radical (unpaired) electrons. The summed E-state index contributed by atoms with van der Waals surface area (Å²) in [5.74, 6) is 5.51. The van der Waals surface area contributed by atoms with Gasteiger partial charge in [0.15, 0.2) is 0 Å². The highest BCUT2D eigenvalue weighted by Crippen LogP contribution is 2.02. The van der Waals surface area contributed by atoms with Crippen LogP contribution in [-0.2, 0) is 16.1 Å². The van der Waals surface area contributed by atoms with Crippen molar-refractivity contribution in [2.45, 2.75) is 13.0 Å². The summed E-state index contributed by atoms with van der Waals surface area (Å²) in [5.41, 5.74) is 1.02. The number of hydrogen-bond donors (Lipinski definition) is 1.